The van der Waals surface area contributed by atoms with E-state index in [1.807, 2.05) is 0 Å². The molecular weight excluding hydrogens is 189 g/mol. The average Bonchev–Trinajstić information content (AvgIpc) is 0.722. The maximum absolute atomic E-state index is 8.58. The van der Waals surface area contributed by atoms with Crippen LogP contribution in [0, 0.1) is 0 Å². The minimum atomic E-state index is -5.62. The summed E-state index contributed by atoms with van der Waals surface area (Å²) >= 11 is -5.62. The molecule has 4 nitrogen and oxygen atoms in total. The quantitative estimate of drug-likeness (QED) is 0.356. The van der Waals surface area contributed by atoms with Crippen LogP contribution in [0.15, 0.2) is 0 Å². The Kier molecular flexibility index (Phi) is 11.9. The summed E-state index contributed by atoms with van der Waals surface area (Å²) in [7, 11) is 0. The van der Waals surface area contributed by atoms with Gasteiger partial charge >= 0.3 is 65.3 Å². The second-order valence-electron chi connectivity index (χ2n) is 0.378. The van der Waals surface area contributed by atoms with Gasteiger partial charge in [-0.2, -0.15) is 0 Å². The van der Waals surface area contributed by atoms with Gasteiger partial charge in [0.25, 0.3) is 0 Å². The first-order valence-corrected chi connectivity index (χ1v) is 2.54. The molecule has 0 aliphatic rings. The molecule has 0 aliphatic carbocycles. The van der Waals surface area contributed by atoms with E-state index in [-0.39, 0.29) is 35.9 Å². The molecule has 0 fully saturated rings. The Morgan fingerprint density at radius 1 is 1.14 bits per heavy atom. The fraction of sp³-hybridized carbons (Fsp3) is 0. The first-order valence-electron chi connectivity index (χ1n) is 0.617. The van der Waals surface area contributed by atoms with E-state index in [1.165, 1.54) is 0 Å². The van der Waals surface area contributed by atoms with Gasteiger partial charge in [0.2, 0.25) is 0 Å². The van der Waals surface area contributed by atoms with E-state index in [0.29, 0.717) is 0 Å². The molecule has 0 spiro atoms. The van der Waals surface area contributed by atoms with Crippen LogP contribution in [0.4, 0.5) is 0 Å². The van der Waals surface area contributed by atoms with Gasteiger partial charge in [0.05, 0.1) is 0 Å². The van der Waals surface area contributed by atoms with Crippen LogP contribution in [-0.4, -0.2) is 0 Å². The first-order chi connectivity index (χ1) is 2.00. The minimum absolute atomic E-state index is 0. The number of hydrogen-bond donors (Lipinski definition) is 0. The summed E-state index contributed by atoms with van der Waals surface area (Å²) in [6.45, 7) is 0. The Morgan fingerprint density at radius 3 is 1.14 bits per heavy atom. The van der Waals surface area contributed by atoms with Crippen molar-refractivity contribution in [2.75, 3.05) is 0 Å². The molecule has 0 aromatic rings. The van der Waals surface area contributed by atoms with Gasteiger partial charge < -0.3 is 0 Å². The van der Waals surface area contributed by atoms with E-state index in [2.05, 4.69) is 0 Å². The fourth-order valence-electron chi connectivity index (χ4n) is 0. The van der Waals surface area contributed by atoms with Crippen LogP contribution in [0.1, 0.15) is 0 Å². The van der Waals surface area contributed by atoms with Crippen molar-refractivity contribution in [1.29, 1.82) is 0 Å². The molecule has 1 radical (unpaired) electrons. The van der Waals surface area contributed by atoms with E-state index in [9.17, 15) is 0 Å². The van der Waals surface area contributed by atoms with Gasteiger partial charge in [-0.25, -0.2) is 0 Å². The predicted octanol–water partition coefficient (Wildman–Crippen LogP) is -5.62. The summed E-state index contributed by atoms with van der Waals surface area (Å²) < 4.78 is 34.3. The molecule has 0 bridgehead atoms. The molecule has 0 aliphatic heterocycles. The van der Waals surface area contributed by atoms with E-state index in [1.54, 1.807) is 0 Å². The molecule has 0 heterocycles. The predicted molar refractivity (Wildman–Crippen MR) is 1.37 cm³/mol. The van der Waals surface area contributed by atoms with Crippen LogP contribution in [0.5, 0.6) is 0 Å². The van der Waals surface area contributed by atoms with Crippen LogP contribution in [0.3, 0.4) is 0 Å². The molecule has 7 heteroatoms. The third kappa shape index (κ3) is 142. The summed E-state index contributed by atoms with van der Waals surface area (Å²) in [4.78, 5) is 0. The second kappa shape index (κ2) is 5.30. The summed E-state index contributed by atoms with van der Waals surface area (Å²) in [5.41, 5.74) is 0. The van der Waals surface area contributed by atoms with Gasteiger partial charge in [0, 0.05) is 0 Å². The fourth-order valence-corrected chi connectivity index (χ4v) is 0. The number of hydrogen-bond acceptors (Lipinski definition) is 4. The van der Waals surface area contributed by atoms with Crippen molar-refractivity contribution in [2.24, 2.45) is 0 Å². The molecule has 7 heavy (non-hydrogen) atoms. The Morgan fingerprint density at radius 2 is 1.14 bits per heavy atom. The molecule has 0 saturated carbocycles. The van der Waals surface area contributed by atoms with E-state index >= 15 is 0 Å². The Labute approximate surface area is 65.2 Å². The van der Waals surface area contributed by atoms with Crippen LogP contribution in [0.25, 0.3) is 0 Å². The zero-order valence-electron chi connectivity index (χ0n) is 3.31. The van der Waals surface area contributed by atoms with Gasteiger partial charge in [-0.05, 0) is 0 Å². The molecule has 0 rings (SSSR count). The third-order valence-electron chi connectivity index (χ3n) is 0. The van der Waals surface area contributed by atoms with Gasteiger partial charge in [-0.3, -0.25) is 0 Å². The van der Waals surface area contributed by atoms with Crippen LogP contribution in [0.2, 0.25) is 0 Å². The van der Waals surface area contributed by atoms with E-state index in [4.69, 9.17) is 16.0 Å². The topological polar surface area (TPSA) is 80.3 Å². The van der Waals surface area contributed by atoms with Crippen LogP contribution >= 0.6 is 0 Å². The second-order valence-corrected chi connectivity index (χ2v) is 1.56. The standard InChI is InChI=1S/Cu.Li.Mn.4O/q+2;+1;;;;2*-1. The first kappa shape index (κ1) is 15.7. The van der Waals surface area contributed by atoms with Crippen LogP contribution in [-0.2, 0) is 38.1 Å². The third-order valence-corrected chi connectivity index (χ3v) is 0. The van der Waals surface area contributed by atoms with Crippen molar-refractivity contribution < 1.29 is 65.3 Å². The summed E-state index contributed by atoms with van der Waals surface area (Å²) in [5.74, 6) is 0. The Bertz CT molecular complexity index is 94.9. The molecule has 0 N–H and O–H groups in total. The molecular formula is CuLiMnO4+. The van der Waals surface area contributed by atoms with Gasteiger partial charge in [-0.1, -0.05) is 0 Å². The average molecular weight is 189 g/mol. The normalized spacial score (nSPS) is 8.29. The van der Waals surface area contributed by atoms with E-state index < -0.39 is 13.4 Å². The molecule has 0 amide bonds. The van der Waals surface area contributed by atoms with Crippen molar-refractivity contribution in [3.63, 3.8) is 0 Å². The van der Waals surface area contributed by atoms with Crippen molar-refractivity contribution in [3.8, 4) is 0 Å². The SMILES string of the molecule is [Cu+2].[Li+].[O]=[Mn](=[O])([O-])[O-]. The molecule has 0 unspecified atom stereocenters. The molecule has 0 aromatic carbocycles. The van der Waals surface area contributed by atoms with Gasteiger partial charge in [-0.15, -0.1) is 0 Å². The summed E-state index contributed by atoms with van der Waals surface area (Å²) in [5, 5.41) is 0. The van der Waals surface area contributed by atoms with Crippen molar-refractivity contribution in [2.45, 2.75) is 0 Å². The monoisotopic (exact) mass is 189 g/mol. The van der Waals surface area contributed by atoms with E-state index in [0.717, 1.165) is 0 Å². The Hall–Kier alpha value is 1.16. The Balaban J connectivity index is -0.0000000800. The van der Waals surface area contributed by atoms with Crippen LogP contribution < -0.4 is 27.2 Å². The van der Waals surface area contributed by atoms with Crippen molar-refractivity contribution in [1.82, 2.24) is 0 Å². The summed E-state index contributed by atoms with van der Waals surface area (Å²) in [6.07, 6.45) is 0. The summed E-state index contributed by atoms with van der Waals surface area (Å²) in [6, 6.07) is 0. The zero-order chi connectivity index (χ0) is 4.50. The van der Waals surface area contributed by atoms with Gasteiger partial charge in [0.15, 0.2) is 0 Å². The molecule has 0 saturated heterocycles. The van der Waals surface area contributed by atoms with Gasteiger partial charge in [0.1, 0.15) is 0 Å². The molecule has 0 atom stereocenters. The molecule has 0 aromatic heterocycles. The maximum atomic E-state index is 8.58. The number of rotatable bonds is 0. The molecule has 42 valence electrons. The zero-order valence-corrected chi connectivity index (χ0v) is 5.43. The van der Waals surface area contributed by atoms with Crippen molar-refractivity contribution >= 4 is 0 Å². The van der Waals surface area contributed by atoms with Crippen molar-refractivity contribution in [3.05, 3.63) is 0 Å².